The summed E-state index contributed by atoms with van der Waals surface area (Å²) in [6.07, 6.45) is 0. The van der Waals surface area contributed by atoms with Crippen molar-refractivity contribution in [3.8, 4) is 21.6 Å². The first-order valence-electron chi connectivity index (χ1n) is 1.79. The van der Waals surface area contributed by atoms with Crippen molar-refractivity contribution in [2.75, 3.05) is 0 Å². The van der Waals surface area contributed by atoms with E-state index in [-0.39, 0.29) is 798 Å². The molecule has 0 aromatic heterocycles. The number of thiol groups is 4. The molecule has 0 bridgehead atoms. The molecule has 0 saturated carbocycles. The van der Waals surface area contributed by atoms with Gasteiger partial charge in [0.25, 0.3) is 0 Å². The van der Waals surface area contributed by atoms with E-state index >= 15 is 0 Å². The molecule has 0 saturated heterocycles. The SMILES string of the molecule is N#CS.N#CS.N#CS.N#CS.[NaH].[NaH].[NaH].[NaH].[NaH].[NaH].[NaH].[NaH].[NaH].[NaH].[NaH].[NaH].[NaH].[NaH].[NaH].[NaH].[NaH].[NaH].[NaH].[NaH].[NaH].[NaH].[NaH].[NaH].[NaH].[NaH].[NaH]. The third-order valence-corrected chi connectivity index (χ3v) is 0. The standard InChI is InChI=1S/4CHNS.27Na.27H/c4*2-1-3;;;;;;;;;;;;;;;;;;;;;;;;;;;;;;;;;;;;;;;;;;;;;;;;;;;;;;/h4*3H;;;;;;;;;;;;;;;;;;;;;;;;;;;;;;;;;;;;;;;;;;;;;;;;;;;;;;. The van der Waals surface area contributed by atoms with Crippen molar-refractivity contribution < 1.29 is 0 Å². The van der Waals surface area contributed by atoms with Gasteiger partial charge in [-0.25, -0.2) is 0 Å². The Labute approximate surface area is 860 Å². The molecule has 39 heavy (non-hydrogen) atoms. The van der Waals surface area contributed by atoms with E-state index in [1.54, 1.807) is 0 Å². The molecule has 0 aliphatic rings. The molecular weight excluding hydrogens is 853 g/mol. The average molecular weight is 884 g/mol. The van der Waals surface area contributed by atoms with Gasteiger partial charge >= 0.3 is 798 Å². The number of hydrogen-bond acceptors (Lipinski definition) is 8. The van der Waals surface area contributed by atoms with Gasteiger partial charge in [-0.3, -0.25) is 0 Å². The minimum atomic E-state index is 0. The van der Waals surface area contributed by atoms with E-state index in [1.165, 1.54) is 21.6 Å². The molecular formula is C4H31N4Na27S4. The maximum absolute atomic E-state index is 7.18. The Morgan fingerprint density at radius 1 is 0.179 bits per heavy atom. The van der Waals surface area contributed by atoms with Crippen LogP contribution in [0.15, 0.2) is 0 Å². The molecule has 0 amide bonds. The van der Waals surface area contributed by atoms with Crippen LogP contribution < -0.4 is 0 Å². The van der Waals surface area contributed by atoms with Gasteiger partial charge in [-0.2, -0.15) is 21.0 Å². The van der Waals surface area contributed by atoms with Crippen LogP contribution in [0.1, 0.15) is 0 Å². The van der Waals surface area contributed by atoms with E-state index < -0.39 is 0 Å². The van der Waals surface area contributed by atoms with Gasteiger partial charge in [-0.1, -0.05) is 50.5 Å². The normalized spacial score (nSPS) is 0.821. The molecule has 0 fully saturated rings. The number of nitrogens with zero attached hydrogens (tertiary/aromatic N) is 4. The molecule has 0 aliphatic carbocycles. The van der Waals surface area contributed by atoms with E-state index in [4.69, 9.17) is 21.0 Å². The summed E-state index contributed by atoms with van der Waals surface area (Å²) in [5.74, 6) is 0. The third-order valence-electron chi connectivity index (χ3n) is 0. The Hall–Kier alpha value is 26.4. The van der Waals surface area contributed by atoms with Gasteiger partial charge in [-0.05, 0) is 0 Å². The third kappa shape index (κ3) is 360. The zero-order valence-corrected chi connectivity index (χ0v) is 9.16. The fraction of sp³-hybridized carbons (Fsp3) is 0. The van der Waals surface area contributed by atoms with Crippen molar-refractivity contribution in [2.24, 2.45) is 0 Å². The van der Waals surface area contributed by atoms with Crippen LogP contribution in [-0.4, -0.2) is 798 Å². The van der Waals surface area contributed by atoms with Crippen LogP contribution in [0.25, 0.3) is 0 Å². The van der Waals surface area contributed by atoms with Crippen molar-refractivity contribution in [3.63, 3.8) is 0 Å². The topological polar surface area (TPSA) is 95.2 Å². The van der Waals surface area contributed by atoms with Crippen LogP contribution in [-0.2, 0) is 0 Å². The van der Waals surface area contributed by atoms with Crippen molar-refractivity contribution in [1.29, 1.82) is 21.0 Å². The Balaban J connectivity index is -0.000000000613. The predicted molar refractivity (Wildman–Crippen MR) is 251 cm³/mol. The number of hydrogen-bond donors (Lipinski definition) is 4. The van der Waals surface area contributed by atoms with E-state index in [9.17, 15) is 0 Å². The van der Waals surface area contributed by atoms with Gasteiger partial charge < -0.3 is 0 Å². The number of nitriles is 4. The van der Waals surface area contributed by atoms with Gasteiger partial charge in [0.2, 0.25) is 0 Å². The van der Waals surface area contributed by atoms with Crippen LogP contribution >= 0.6 is 50.5 Å². The molecule has 0 atom stereocenters. The van der Waals surface area contributed by atoms with E-state index in [0.717, 1.165) is 0 Å². The maximum atomic E-state index is 7.18. The molecule has 0 aliphatic heterocycles. The molecule has 0 aromatic rings. The molecule has 0 unspecified atom stereocenters. The molecule has 118 valence electrons. The summed E-state index contributed by atoms with van der Waals surface area (Å²) in [7, 11) is 0. The second-order valence-electron chi connectivity index (χ2n) is 0.400. The number of rotatable bonds is 0. The molecule has 0 spiro atoms. The quantitative estimate of drug-likeness (QED) is 0.111. The van der Waals surface area contributed by atoms with Crippen LogP contribution in [0, 0.1) is 42.7 Å². The van der Waals surface area contributed by atoms with Crippen molar-refractivity contribution in [3.05, 3.63) is 0 Å². The van der Waals surface area contributed by atoms with Gasteiger partial charge in [0.15, 0.2) is 0 Å². The molecule has 0 rings (SSSR count). The van der Waals surface area contributed by atoms with E-state index in [0.29, 0.717) is 0 Å². The van der Waals surface area contributed by atoms with Crippen LogP contribution in [0.2, 0.25) is 0 Å². The summed E-state index contributed by atoms with van der Waals surface area (Å²) < 4.78 is 0. The van der Waals surface area contributed by atoms with Crippen molar-refractivity contribution in [2.45, 2.75) is 0 Å². The van der Waals surface area contributed by atoms with Gasteiger partial charge in [0, 0.05) is 0 Å². The van der Waals surface area contributed by atoms with Crippen LogP contribution in [0.5, 0.6) is 0 Å². The first-order chi connectivity index (χ1) is 5.66. The molecule has 0 N–H and O–H groups in total. The first-order valence-corrected chi connectivity index (χ1v) is 3.58. The zero-order valence-electron chi connectivity index (χ0n) is 5.58. The van der Waals surface area contributed by atoms with E-state index in [2.05, 4.69) is 50.5 Å². The Morgan fingerprint density at radius 2 is 0.179 bits per heavy atom. The van der Waals surface area contributed by atoms with Crippen molar-refractivity contribution >= 4 is 849 Å². The molecule has 35 heteroatoms. The fourth-order valence-corrected chi connectivity index (χ4v) is 0. The van der Waals surface area contributed by atoms with Gasteiger partial charge in [-0.15, -0.1) is 0 Å². The summed E-state index contributed by atoms with van der Waals surface area (Å²) in [6.45, 7) is 0. The summed E-state index contributed by atoms with van der Waals surface area (Å²) in [4.78, 5) is 0. The fourth-order valence-electron chi connectivity index (χ4n) is 0. The zero-order chi connectivity index (χ0) is 10.8. The second kappa shape index (κ2) is 280. The first kappa shape index (κ1) is 229. The molecule has 4 nitrogen and oxygen atoms in total. The Bertz CT molecular complexity index is 188. The van der Waals surface area contributed by atoms with Gasteiger partial charge in [0.1, 0.15) is 21.6 Å². The minimum absolute atomic E-state index is 0. The number of thiocyanates is 4. The molecule has 0 radical (unpaired) electrons. The van der Waals surface area contributed by atoms with Crippen LogP contribution in [0.4, 0.5) is 0 Å². The summed E-state index contributed by atoms with van der Waals surface area (Å²) >= 11 is 12.4. The predicted octanol–water partition coefficient (Wildman–Crippen LogP) is -15.9. The summed E-state index contributed by atoms with van der Waals surface area (Å²) in [5, 5.41) is 34.5. The second-order valence-corrected chi connectivity index (χ2v) is 1.20. The van der Waals surface area contributed by atoms with Crippen LogP contribution in [0.3, 0.4) is 0 Å². The van der Waals surface area contributed by atoms with E-state index in [1.807, 2.05) is 0 Å². The Kier molecular flexibility index (Phi) is 1650. The summed E-state index contributed by atoms with van der Waals surface area (Å²) in [6, 6.07) is 0. The van der Waals surface area contributed by atoms with Crippen molar-refractivity contribution in [1.82, 2.24) is 0 Å². The van der Waals surface area contributed by atoms with Gasteiger partial charge in [0.05, 0.1) is 0 Å². The summed E-state index contributed by atoms with van der Waals surface area (Å²) in [5.41, 5.74) is 0. The molecule has 0 aromatic carbocycles. The molecule has 0 heterocycles. The average Bonchev–Trinajstić information content (AvgIpc) is 1.92. The Morgan fingerprint density at radius 3 is 0.179 bits per heavy atom. The monoisotopic (exact) mass is 884 g/mol.